The second kappa shape index (κ2) is 10.8. The van der Waals surface area contributed by atoms with Gasteiger partial charge in [-0.15, -0.1) is 0 Å². The summed E-state index contributed by atoms with van der Waals surface area (Å²) in [5, 5.41) is 13.7. The highest BCUT2D eigenvalue weighted by atomic mass is 35.5. The van der Waals surface area contributed by atoms with E-state index in [0.29, 0.717) is 15.6 Å². The zero-order chi connectivity index (χ0) is 28.7. The maximum Gasteiger partial charge on any atom is 0.304 e. The number of piperidine rings is 1. The van der Waals surface area contributed by atoms with Gasteiger partial charge in [-0.2, -0.15) is 0 Å². The Morgan fingerprint density at radius 1 is 1.00 bits per heavy atom. The molecule has 0 spiro atoms. The molecule has 4 unspecified atom stereocenters. The number of halogens is 2. The molecule has 1 heterocycles. The monoisotopic (exact) mass is 599 g/mol. The van der Waals surface area contributed by atoms with E-state index in [4.69, 9.17) is 23.2 Å². The number of rotatable bonds is 9. The lowest BCUT2D eigenvalue weighted by Crippen LogP contribution is -2.57. The molecule has 0 aromatic heterocycles. The Morgan fingerprint density at radius 3 is 2.27 bits per heavy atom. The third-order valence-corrected chi connectivity index (χ3v) is 11.5. The molecule has 3 aromatic rings. The molecule has 2 N–H and O–H groups in total. The van der Waals surface area contributed by atoms with Gasteiger partial charge in [0.1, 0.15) is 4.75 Å². The van der Waals surface area contributed by atoms with Gasteiger partial charge in [0.2, 0.25) is 5.91 Å². The topological polar surface area (TPSA) is 101 Å². The second-order valence-corrected chi connectivity index (χ2v) is 14.3. The quantitative estimate of drug-likeness (QED) is 0.288. The molecule has 1 amide bonds. The number of hydrogen-bond donors (Lipinski definition) is 2. The van der Waals surface area contributed by atoms with Crippen molar-refractivity contribution in [1.29, 1.82) is 0 Å². The normalized spacial score (nSPS) is 24.6. The van der Waals surface area contributed by atoms with Crippen LogP contribution in [0.2, 0.25) is 10.0 Å². The maximum absolute atomic E-state index is 14.7. The molecule has 6 nitrogen and oxygen atoms in total. The van der Waals surface area contributed by atoms with E-state index in [-0.39, 0.29) is 36.0 Å². The van der Waals surface area contributed by atoms with Crippen molar-refractivity contribution in [2.75, 3.05) is 0 Å². The summed E-state index contributed by atoms with van der Waals surface area (Å²) in [6.45, 7) is 1.65. The van der Waals surface area contributed by atoms with Crippen molar-refractivity contribution in [3.63, 3.8) is 0 Å². The molecule has 2 aliphatic rings. The summed E-state index contributed by atoms with van der Waals surface area (Å²) in [6, 6.07) is 22.0. The highest BCUT2D eigenvalue weighted by molar-refractivity contribution is 7.92. The molecule has 1 saturated heterocycles. The minimum absolute atomic E-state index is 0.114. The van der Waals surface area contributed by atoms with E-state index in [1.165, 1.54) is 0 Å². The molecule has 210 valence electrons. The highest BCUT2D eigenvalue weighted by Gasteiger charge is 2.59. The molecule has 0 radical (unpaired) electrons. The Kier molecular flexibility index (Phi) is 7.77. The Labute approximate surface area is 244 Å². The summed E-state index contributed by atoms with van der Waals surface area (Å²) in [7, 11) is -3.96. The molecule has 3 aromatic carbocycles. The van der Waals surface area contributed by atoms with Crippen molar-refractivity contribution in [2.45, 2.75) is 60.6 Å². The number of carbonyl (C=O) groups excluding carboxylic acids is 1. The van der Waals surface area contributed by atoms with Crippen molar-refractivity contribution in [2.24, 2.45) is 11.3 Å². The van der Waals surface area contributed by atoms with Crippen molar-refractivity contribution in [3.8, 4) is 0 Å². The van der Waals surface area contributed by atoms with Crippen LogP contribution in [-0.4, -0.2) is 31.4 Å². The third kappa shape index (κ3) is 5.27. The molecule has 1 aliphatic carbocycles. The van der Waals surface area contributed by atoms with Crippen LogP contribution in [0.15, 0.2) is 83.8 Å². The van der Waals surface area contributed by atoms with Gasteiger partial charge in [-0.05, 0) is 79.1 Å². The zero-order valence-electron chi connectivity index (χ0n) is 22.0. The minimum atomic E-state index is -3.96. The van der Waals surface area contributed by atoms with Gasteiger partial charge in [-0.3, -0.25) is 9.59 Å². The maximum atomic E-state index is 14.7. The van der Waals surface area contributed by atoms with E-state index >= 15 is 0 Å². The van der Waals surface area contributed by atoms with Crippen molar-refractivity contribution < 1.29 is 23.1 Å². The van der Waals surface area contributed by atoms with Crippen LogP contribution in [0.4, 0.5) is 0 Å². The Morgan fingerprint density at radius 2 is 1.68 bits per heavy atom. The first-order valence-corrected chi connectivity index (χ1v) is 15.5. The first kappa shape index (κ1) is 28.7. The highest BCUT2D eigenvalue weighted by Crippen LogP contribution is 2.57. The first-order valence-electron chi connectivity index (χ1n) is 13.3. The van der Waals surface area contributed by atoms with Gasteiger partial charge in [0.25, 0.3) is 0 Å². The Balaban J connectivity index is 1.67. The molecule has 0 bridgehead atoms. The number of benzene rings is 3. The van der Waals surface area contributed by atoms with Crippen LogP contribution >= 0.6 is 23.2 Å². The third-order valence-electron chi connectivity index (χ3n) is 8.46. The van der Waals surface area contributed by atoms with Crippen molar-refractivity contribution >= 4 is 44.9 Å². The van der Waals surface area contributed by atoms with E-state index < -0.39 is 37.9 Å². The number of sulfone groups is 1. The fourth-order valence-electron chi connectivity index (χ4n) is 6.35. The zero-order valence-corrected chi connectivity index (χ0v) is 24.3. The van der Waals surface area contributed by atoms with Crippen molar-refractivity contribution in [1.82, 2.24) is 5.32 Å². The van der Waals surface area contributed by atoms with E-state index in [2.05, 4.69) is 5.32 Å². The van der Waals surface area contributed by atoms with Gasteiger partial charge in [0.05, 0.1) is 16.7 Å². The summed E-state index contributed by atoms with van der Waals surface area (Å²) < 4.78 is 28.1. The molecular weight excluding hydrogens is 569 g/mol. The number of carboxylic acids is 1. The number of amides is 1. The van der Waals surface area contributed by atoms with Gasteiger partial charge in [0, 0.05) is 22.0 Å². The predicted octanol–water partition coefficient (Wildman–Crippen LogP) is 6.62. The van der Waals surface area contributed by atoms with Crippen molar-refractivity contribution in [3.05, 3.63) is 100 Å². The van der Waals surface area contributed by atoms with E-state index in [1.807, 2.05) is 18.2 Å². The van der Waals surface area contributed by atoms with Crippen LogP contribution in [0.5, 0.6) is 0 Å². The van der Waals surface area contributed by atoms with E-state index in [9.17, 15) is 23.1 Å². The number of aliphatic carboxylic acids is 1. The smallest absolute Gasteiger partial charge is 0.304 e. The Hall–Kier alpha value is -2.87. The van der Waals surface area contributed by atoms with E-state index in [0.717, 1.165) is 18.4 Å². The molecule has 4 atom stereocenters. The van der Waals surface area contributed by atoms with Crippen LogP contribution in [0.3, 0.4) is 0 Å². The average Bonchev–Trinajstić information content (AvgIpc) is 3.76. The summed E-state index contributed by atoms with van der Waals surface area (Å²) in [6.07, 6.45) is 1.48. The van der Waals surface area contributed by atoms with Crippen LogP contribution in [0, 0.1) is 11.3 Å². The SMILES string of the molecule is CC1(CC(=O)O)CC(c2cccc(Cl)c2)C(CC(c2ccc(Cl)cc2)(C2CC2)S(=O)(=O)c2ccccc2)NC1=O. The summed E-state index contributed by atoms with van der Waals surface area (Å²) in [5.41, 5.74) is 0.282. The predicted molar refractivity (Wildman–Crippen MR) is 155 cm³/mol. The lowest BCUT2D eigenvalue weighted by Gasteiger charge is -2.46. The summed E-state index contributed by atoms with van der Waals surface area (Å²) >= 11 is 12.6. The number of hydrogen-bond acceptors (Lipinski definition) is 4. The minimum Gasteiger partial charge on any atom is -0.481 e. The standard InChI is InChI=1S/C31H31Cl2NO5S/c1-30(19-28(35)36)17-26(20-6-5-7-24(33)16-20)27(34-29(30)37)18-31(21-10-11-21,22-12-14-23(32)15-13-22)40(38,39)25-8-3-2-4-9-25/h2-9,12-16,21,26-27H,10-11,17-19H2,1H3,(H,34,37)(H,35,36). The molecule has 2 fully saturated rings. The average molecular weight is 601 g/mol. The lowest BCUT2D eigenvalue weighted by molar-refractivity contribution is -0.147. The van der Waals surface area contributed by atoms with Crippen LogP contribution in [0.25, 0.3) is 0 Å². The molecule has 40 heavy (non-hydrogen) atoms. The van der Waals surface area contributed by atoms with Gasteiger partial charge < -0.3 is 10.4 Å². The van der Waals surface area contributed by atoms with Crippen LogP contribution in [0.1, 0.15) is 56.1 Å². The van der Waals surface area contributed by atoms with Gasteiger partial charge in [0.15, 0.2) is 9.84 Å². The molecule has 1 saturated carbocycles. The summed E-state index contributed by atoms with van der Waals surface area (Å²) in [4.78, 5) is 25.5. The van der Waals surface area contributed by atoms with Gasteiger partial charge in [-0.25, -0.2) is 8.42 Å². The lowest BCUT2D eigenvalue weighted by atomic mass is 9.67. The fourth-order valence-corrected chi connectivity index (χ4v) is 9.13. The van der Waals surface area contributed by atoms with Gasteiger partial charge >= 0.3 is 5.97 Å². The van der Waals surface area contributed by atoms with Crippen LogP contribution < -0.4 is 5.32 Å². The molecule has 5 rings (SSSR count). The first-order chi connectivity index (χ1) is 19.0. The molecular formula is C31H31Cl2NO5S. The molecule has 1 aliphatic heterocycles. The van der Waals surface area contributed by atoms with Crippen LogP contribution in [-0.2, 0) is 24.2 Å². The number of carboxylic acid groups (broad SMARTS) is 1. The summed E-state index contributed by atoms with van der Waals surface area (Å²) in [5.74, 6) is -1.99. The fraction of sp³-hybridized carbons (Fsp3) is 0.355. The van der Waals surface area contributed by atoms with E-state index in [1.54, 1.807) is 67.6 Å². The Bertz CT molecular complexity index is 1520. The molecule has 9 heteroatoms. The number of carbonyl (C=O) groups is 2. The van der Waals surface area contributed by atoms with Gasteiger partial charge in [-0.1, -0.05) is 72.6 Å². The largest absolute Gasteiger partial charge is 0.481 e. The second-order valence-electron chi connectivity index (χ2n) is 11.3. The number of nitrogens with one attached hydrogen (secondary N) is 1.